The Labute approximate surface area is 245 Å². The van der Waals surface area contributed by atoms with Crippen LogP contribution in [0.15, 0.2) is 72.8 Å². The van der Waals surface area contributed by atoms with Crippen molar-refractivity contribution in [3.63, 3.8) is 0 Å². The lowest BCUT2D eigenvalue weighted by Gasteiger charge is -2.51. The summed E-state index contributed by atoms with van der Waals surface area (Å²) < 4.78 is 5.39. The summed E-state index contributed by atoms with van der Waals surface area (Å²) in [5.41, 5.74) is 4.07. The van der Waals surface area contributed by atoms with Gasteiger partial charge in [-0.3, -0.25) is 14.4 Å². The minimum absolute atomic E-state index is 0.0680. The van der Waals surface area contributed by atoms with E-state index in [2.05, 4.69) is 5.48 Å². The molecule has 4 unspecified atom stereocenters. The summed E-state index contributed by atoms with van der Waals surface area (Å²) in [6.07, 6.45) is -6.53. The third-order valence-electron chi connectivity index (χ3n) is 7.38. The van der Waals surface area contributed by atoms with Gasteiger partial charge in [-0.15, -0.1) is 0 Å². The fourth-order valence-corrected chi connectivity index (χ4v) is 5.97. The molecule has 7 atom stereocenters. The summed E-state index contributed by atoms with van der Waals surface area (Å²) in [6, 6.07) is 17.4. The third-order valence-corrected chi connectivity index (χ3v) is 7.94. The van der Waals surface area contributed by atoms with Gasteiger partial charge in [0, 0.05) is 15.6 Å². The Morgan fingerprint density at radius 2 is 1.66 bits per heavy atom. The number of amides is 2. The van der Waals surface area contributed by atoms with E-state index in [0.29, 0.717) is 16.1 Å². The molecule has 5 N–H and O–H groups in total. The summed E-state index contributed by atoms with van der Waals surface area (Å²) in [5, 5.41) is 42.7. The van der Waals surface area contributed by atoms with Crippen LogP contribution in [0.25, 0.3) is 0 Å². The average Bonchev–Trinajstić information content (AvgIpc) is 2.96. The number of nitrogens with zero attached hydrogens (tertiary/aromatic N) is 1. The van der Waals surface area contributed by atoms with E-state index in [1.165, 1.54) is 18.2 Å². The van der Waals surface area contributed by atoms with Crippen LogP contribution < -0.4 is 5.48 Å². The van der Waals surface area contributed by atoms with E-state index in [1.807, 2.05) is 30.3 Å². The molecular weight excluding hydrogens is 575 g/mol. The zero-order chi connectivity index (χ0) is 29.3. The first-order chi connectivity index (χ1) is 19.7. The number of hydroxylamine groups is 1. The Bertz CT molecular complexity index is 1410. The lowest BCUT2D eigenvalue weighted by Crippen LogP contribution is -2.67. The summed E-state index contributed by atoms with van der Waals surface area (Å²) in [4.78, 5) is 34.6. The maximum absolute atomic E-state index is 14.1. The largest absolute Gasteiger partial charge is 0.394 e. The topological polar surface area (TPSA) is 149 Å². The van der Waals surface area contributed by atoms with Crippen molar-refractivity contribution in [1.82, 2.24) is 10.4 Å². The van der Waals surface area contributed by atoms with Gasteiger partial charge in [0.15, 0.2) is 6.29 Å². The summed E-state index contributed by atoms with van der Waals surface area (Å²) in [5.74, 6) is -2.42. The van der Waals surface area contributed by atoms with E-state index in [4.69, 9.17) is 32.8 Å². The van der Waals surface area contributed by atoms with Gasteiger partial charge in [-0.1, -0.05) is 77.8 Å². The van der Waals surface area contributed by atoms with Crippen LogP contribution in [-0.4, -0.2) is 74.4 Å². The van der Waals surface area contributed by atoms with Crippen LogP contribution in [0.2, 0.25) is 10.0 Å². The molecule has 1 saturated heterocycles. The molecule has 10 nitrogen and oxygen atoms in total. The highest BCUT2D eigenvalue weighted by Gasteiger charge is 2.54. The molecule has 3 aromatic rings. The minimum atomic E-state index is -1.83. The van der Waals surface area contributed by atoms with Crippen molar-refractivity contribution in [3.8, 4) is 0 Å². The first-order valence-corrected chi connectivity index (χ1v) is 13.6. The number of nitrogens with one attached hydrogen (secondary N) is 1. The molecule has 2 aliphatic heterocycles. The van der Waals surface area contributed by atoms with E-state index < -0.39 is 61.0 Å². The number of aliphatic hydroxyl groups excluding tert-OH is 4. The zero-order valence-corrected chi connectivity index (χ0v) is 23.0. The lowest BCUT2D eigenvalue weighted by atomic mass is 9.77. The van der Waals surface area contributed by atoms with E-state index in [0.717, 1.165) is 10.5 Å². The first kappa shape index (κ1) is 29.4. The highest BCUT2D eigenvalue weighted by molar-refractivity contribution is 6.35. The standard InChI is InChI=1S/C29H28Cl2N2O8/c30-16-10-11-19(20(31)12-16)23-22(27(37)32-40-14-15-6-2-1-3-7-15)17-8-4-5-9-18(17)28(38)33(23)24-26(36)25(35)21(13-34)41-29(24)39/h1-12,21-26,29,34-36,39H,13-14H2,(H,32,37)/t21-,22?,23?,24?,25-,26-,29?/m1/s1. The van der Waals surface area contributed by atoms with Gasteiger partial charge < -0.3 is 30.1 Å². The number of carbonyl (C=O) groups is 2. The van der Waals surface area contributed by atoms with Crippen molar-refractivity contribution in [1.29, 1.82) is 0 Å². The van der Waals surface area contributed by atoms with Gasteiger partial charge >= 0.3 is 0 Å². The van der Waals surface area contributed by atoms with Crippen LogP contribution in [0.1, 0.15) is 39.0 Å². The molecule has 1 fully saturated rings. The molecule has 0 spiro atoms. The molecule has 3 aromatic carbocycles. The number of carbonyl (C=O) groups excluding carboxylic acids is 2. The van der Waals surface area contributed by atoms with Gasteiger partial charge in [0.05, 0.1) is 25.2 Å². The number of hydrogen-bond acceptors (Lipinski definition) is 8. The molecule has 0 radical (unpaired) electrons. The maximum Gasteiger partial charge on any atom is 0.255 e. The number of halogens is 2. The highest BCUT2D eigenvalue weighted by atomic mass is 35.5. The number of fused-ring (bicyclic) bond motifs is 1. The predicted molar refractivity (Wildman–Crippen MR) is 148 cm³/mol. The molecule has 0 aliphatic carbocycles. The molecule has 216 valence electrons. The van der Waals surface area contributed by atoms with Crippen LogP contribution >= 0.6 is 23.2 Å². The molecule has 0 saturated carbocycles. The Hall–Kier alpha value is -3.06. The number of hydrogen-bond donors (Lipinski definition) is 5. The van der Waals surface area contributed by atoms with Crippen LogP contribution in [0.5, 0.6) is 0 Å². The smallest absolute Gasteiger partial charge is 0.255 e. The Kier molecular flexibility index (Phi) is 8.93. The van der Waals surface area contributed by atoms with E-state index in [1.54, 1.807) is 24.3 Å². The highest BCUT2D eigenvalue weighted by Crippen LogP contribution is 2.47. The second-order valence-electron chi connectivity index (χ2n) is 9.85. The van der Waals surface area contributed by atoms with Crippen molar-refractivity contribution in [3.05, 3.63) is 105 Å². The fraction of sp³-hybridized carbons (Fsp3) is 0.310. The van der Waals surface area contributed by atoms with Crippen molar-refractivity contribution in [2.24, 2.45) is 0 Å². The monoisotopic (exact) mass is 602 g/mol. The van der Waals surface area contributed by atoms with Crippen LogP contribution in [0.4, 0.5) is 0 Å². The maximum atomic E-state index is 14.1. The van der Waals surface area contributed by atoms with Gasteiger partial charge in [0.1, 0.15) is 24.4 Å². The Balaban J connectivity index is 1.61. The molecule has 2 aliphatic rings. The molecule has 0 aromatic heterocycles. The van der Waals surface area contributed by atoms with Crippen LogP contribution in [0, 0.1) is 0 Å². The summed E-state index contributed by atoms with van der Waals surface area (Å²) >= 11 is 12.8. The first-order valence-electron chi connectivity index (χ1n) is 12.9. The SMILES string of the molecule is O=C(NOCc1ccccc1)C1c2ccccc2C(=O)N(C2C(O)O[C@H](CO)[C@@H](O)[C@@H]2O)C1c1ccc(Cl)cc1Cl. The number of ether oxygens (including phenoxy) is 1. The van der Waals surface area contributed by atoms with Crippen LogP contribution in [-0.2, 0) is 21.0 Å². The lowest BCUT2D eigenvalue weighted by molar-refractivity contribution is -0.271. The second kappa shape index (κ2) is 12.4. The molecule has 2 amide bonds. The van der Waals surface area contributed by atoms with Gasteiger partial charge in [0.25, 0.3) is 11.8 Å². The second-order valence-corrected chi connectivity index (χ2v) is 10.7. The van der Waals surface area contributed by atoms with Crippen molar-refractivity contribution in [2.75, 3.05) is 6.61 Å². The van der Waals surface area contributed by atoms with Gasteiger partial charge in [-0.25, -0.2) is 5.48 Å². The van der Waals surface area contributed by atoms with Gasteiger partial charge in [0.2, 0.25) is 0 Å². The third kappa shape index (κ3) is 5.70. The summed E-state index contributed by atoms with van der Waals surface area (Å²) in [7, 11) is 0. The number of aliphatic hydroxyl groups is 4. The normalized spacial score (nSPS) is 27.8. The van der Waals surface area contributed by atoms with Crippen molar-refractivity contribution >= 4 is 35.0 Å². The molecular formula is C29H28Cl2N2O8. The average molecular weight is 603 g/mol. The minimum Gasteiger partial charge on any atom is -0.394 e. The van der Waals surface area contributed by atoms with Crippen LogP contribution in [0.3, 0.4) is 0 Å². The van der Waals surface area contributed by atoms with E-state index in [-0.39, 0.29) is 17.2 Å². The molecule has 2 heterocycles. The number of rotatable bonds is 7. The van der Waals surface area contributed by atoms with Crippen molar-refractivity contribution < 1.29 is 39.6 Å². The molecule has 5 rings (SSSR count). The molecule has 41 heavy (non-hydrogen) atoms. The van der Waals surface area contributed by atoms with E-state index in [9.17, 15) is 30.0 Å². The fourth-order valence-electron chi connectivity index (χ4n) is 5.45. The summed E-state index contributed by atoms with van der Waals surface area (Å²) in [6.45, 7) is -0.617. The zero-order valence-electron chi connectivity index (χ0n) is 21.5. The quantitative estimate of drug-likeness (QED) is 0.259. The predicted octanol–water partition coefficient (Wildman–Crippen LogP) is 2.32. The van der Waals surface area contributed by atoms with Gasteiger partial charge in [-0.05, 0) is 34.9 Å². The van der Waals surface area contributed by atoms with Crippen molar-refractivity contribution in [2.45, 2.75) is 49.2 Å². The molecule has 12 heteroatoms. The van der Waals surface area contributed by atoms with Gasteiger partial charge in [-0.2, -0.15) is 0 Å². The number of benzene rings is 3. The Morgan fingerprint density at radius 3 is 2.37 bits per heavy atom. The van der Waals surface area contributed by atoms with E-state index >= 15 is 0 Å². The Morgan fingerprint density at radius 1 is 0.951 bits per heavy atom. The molecule has 0 bridgehead atoms.